The van der Waals surface area contributed by atoms with Crippen LogP contribution in [0.1, 0.15) is 18.3 Å². The summed E-state index contributed by atoms with van der Waals surface area (Å²) in [6.45, 7) is 0.783. The van der Waals surface area contributed by atoms with Crippen molar-refractivity contribution in [3.63, 3.8) is 0 Å². The van der Waals surface area contributed by atoms with Crippen LogP contribution in [0.3, 0.4) is 0 Å². The third-order valence-corrected chi connectivity index (χ3v) is 5.77. The number of hydrogen-bond donors (Lipinski definition) is 1. The third-order valence-electron chi connectivity index (χ3n) is 5.47. The summed E-state index contributed by atoms with van der Waals surface area (Å²) in [6, 6.07) is 11.0. The largest absolute Gasteiger partial charge is 0.344 e. The lowest BCUT2D eigenvalue weighted by atomic mass is 10.0. The summed E-state index contributed by atoms with van der Waals surface area (Å²) in [6.07, 6.45) is 5.64. The number of nitrogens with one attached hydrogen (secondary N) is 1. The van der Waals surface area contributed by atoms with Gasteiger partial charge in [0.2, 0.25) is 0 Å². The standard InChI is InChI=1S/C20H15ClN8O/c21-13-6-9-28-16(13)20(30)29(12-4-2-1-3-5-12)18(26-28)14-7-8-27(14)19-15-17(23-10-22-15)24-11-25-19/h1-6,9-11,14H,7-8H2,(H,22,23,24,25). The maximum atomic E-state index is 13.4. The van der Waals surface area contributed by atoms with Gasteiger partial charge < -0.3 is 9.88 Å². The monoisotopic (exact) mass is 418 g/mol. The molecule has 1 aliphatic heterocycles. The molecule has 10 heteroatoms. The van der Waals surface area contributed by atoms with Crippen LogP contribution in [0, 0.1) is 0 Å². The van der Waals surface area contributed by atoms with E-state index in [9.17, 15) is 4.79 Å². The minimum atomic E-state index is -0.206. The second-order valence-corrected chi connectivity index (χ2v) is 7.49. The molecular formula is C20H15ClN8O. The molecule has 0 saturated carbocycles. The zero-order valence-corrected chi connectivity index (χ0v) is 16.4. The van der Waals surface area contributed by atoms with Crippen LogP contribution in [0.15, 0.2) is 60.0 Å². The molecular weight excluding hydrogens is 404 g/mol. The topological polar surface area (TPSA) is 97.0 Å². The molecule has 1 unspecified atom stereocenters. The highest BCUT2D eigenvalue weighted by Crippen LogP contribution is 2.38. The van der Waals surface area contributed by atoms with Crippen molar-refractivity contribution in [2.24, 2.45) is 0 Å². The second-order valence-electron chi connectivity index (χ2n) is 7.09. The smallest absolute Gasteiger partial charge is 0.284 e. The molecule has 6 rings (SSSR count). The van der Waals surface area contributed by atoms with Crippen molar-refractivity contribution < 1.29 is 0 Å². The first-order valence-corrected chi connectivity index (χ1v) is 9.86. The molecule has 1 aliphatic rings. The van der Waals surface area contributed by atoms with E-state index in [0.717, 1.165) is 30.0 Å². The molecule has 9 nitrogen and oxygen atoms in total. The van der Waals surface area contributed by atoms with E-state index >= 15 is 0 Å². The van der Waals surface area contributed by atoms with Crippen molar-refractivity contribution in [2.45, 2.75) is 12.5 Å². The maximum Gasteiger partial charge on any atom is 0.284 e. The van der Waals surface area contributed by atoms with Crippen molar-refractivity contribution in [1.29, 1.82) is 0 Å². The summed E-state index contributed by atoms with van der Waals surface area (Å²) in [4.78, 5) is 31.5. The Labute approximate surface area is 174 Å². The highest BCUT2D eigenvalue weighted by Gasteiger charge is 2.36. The number of aromatic nitrogens is 7. The summed E-state index contributed by atoms with van der Waals surface area (Å²) < 4.78 is 3.20. The van der Waals surface area contributed by atoms with E-state index in [1.807, 2.05) is 30.3 Å². The molecule has 5 heterocycles. The number of aromatic amines is 1. The Balaban J connectivity index is 1.57. The van der Waals surface area contributed by atoms with Crippen molar-refractivity contribution >= 4 is 34.1 Å². The van der Waals surface area contributed by atoms with Crippen molar-refractivity contribution in [3.8, 4) is 5.69 Å². The van der Waals surface area contributed by atoms with E-state index in [4.69, 9.17) is 16.7 Å². The average Bonchev–Trinajstić information content (AvgIpc) is 3.35. The minimum Gasteiger partial charge on any atom is -0.344 e. The van der Waals surface area contributed by atoms with Crippen LogP contribution in [0.5, 0.6) is 0 Å². The van der Waals surface area contributed by atoms with Crippen LogP contribution >= 0.6 is 11.6 Å². The molecule has 1 aromatic carbocycles. The molecule has 0 aliphatic carbocycles. The predicted octanol–water partition coefficient (Wildman–Crippen LogP) is 2.76. The van der Waals surface area contributed by atoms with Crippen LogP contribution < -0.4 is 10.5 Å². The van der Waals surface area contributed by atoms with E-state index in [1.165, 1.54) is 6.33 Å². The van der Waals surface area contributed by atoms with E-state index in [-0.39, 0.29) is 11.6 Å². The first-order valence-electron chi connectivity index (χ1n) is 9.48. The van der Waals surface area contributed by atoms with E-state index < -0.39 is 0 Å². The Morgan fingerprint density at radius 3 is 2.77 bits per heavy atom. The van der Waals surface area contributed by atoms with Crippen LogP contribution in [0.25, 0.3) is 22.4 Å². The lowest BCUT2D eigenvalue weighted by Gasteiger charge is -2.41. The molecule has 0 amide bonds. The molecule has 5 aromatic rings. The summed E-state index contributed by atoms with van der Waals surface area (Å²) in [5, 5.41) is 5.16. The predicted molar refractivity (Wildman–Crippen MR) is 112 cm³/mol. The highest BCUT2D eigenvalue weighted by atomic mass is 35.5. The number of nitrogens with zero attached hydrogens (tertiary/aromatic N) is 7. The summed E-state index contributed by atoms with van der Waals surface area (Å²) in [7, 11) is 0. The SMILES string of the molecule is O=c1c2c(Cl)ccn2nc(C2CCN2c2ncnc3nc[nH]c23)n1-c1ccccc1. The normalized spacial score (nSPS) is 16.3. The van der Waals surface area contributed by atoms with Gasteiger partial charge in [0.05, 0.1) is 23.1 Å². The van der Waals surface area contributed by atoms with Gasteiger partial charge in [0.1, 0.15) is 17.4 Å². The van der Waals surface area contributed by atoms with E-state index in [2.05, 4.69) is 24.8 Å². The number of imidazole rings is 1. The molecule has 4 aromatic heterocycles. The Morgan fingerprint density at radius 1 is 1.10 bits per heavy atom. The van der Waals surface area contributed by atoms with E-state index in [0.29, 0.717) is 22.0 Å². The van der Waals surface area contributed by atoms with Crippen LogP contribution in [-0.4, -0.2) is 40.7 Å². The van der Waals surface area contributed by atoms with Gasteiger partial charge in [0, 0.05) is 12.7 Å². The van der Waals surface area contributed by atoms with Crippen molar-refractivity contribution in [2.75, 3.05) is 11.4 Å². The van der Waals surface area contributed by atoms with Gasteiger partial charge in [-0.25, -0.2) is 19.5 Å². The number of H-pyrrole nitrogens is 1. The molecule has 30 heavy (non-hydrogen) atoms. The Kier molecular flexibility index (Phi) is 3.66. The molecule has 0 bridgehead atoms. The van der Waals surface area contributed by atoms with Gasteiger partial charge in [0.15, 0.2) is 17.3 Å². The first kappa shape index (κ1) is 17.2. The maximum absolute atomic E-state index is 13.4. The van der Waals surface area contributed by atoms with Gasteiger partial charge in [-0.15, -0.1) is 0 Å². The quantitative estimate of drug-likeness (QED) is 0.484. The van der Waals surface area contributed by atoms with Crippen LogP contribution in [-0.2, 0) is 0 Å². The Hall–Kier alpha value is -3.72. The highest BCUT2D eigenvalue weighted by molar-refractivity contribution is 6.33. The number of halogens is 1. The third kappa shape index (κ3) is 2.38. The number of benzene rings is 1. The molecule has 148 valence electrons. The Bertz CT molecular complexity index is 1450. The van der Waals surface area contributed by atoms with Crippen LogP contribution in [0.4, 0.5) is 5.82 Å². The number of para-hydroxylation sites is 1. The number of anilines is 1. The molecule has 0 spiro atoms. The van der Waals surface area contributed by atoms with Gasteiger partial charge >= 0.3 is 0 Å². The molecule has 0 radical (unpaired) electrons. The molecule has 1 N–H and O–H groups in total. The molecule has 1 atom stereocenters. The fraction of sp³-hybridized carbons (Fsp3) is 0.150. The molecule has 1 fully saturated rings. The lowest BCUT2D eigenvalue weighted by Crippen LogP contribution is -2.45. The minimum absolute atomic E-state index is 0.134. The Morgan fingerprint density at radius 2 is 1.97 bits per heavy atom. The number of hydrogen-bond acceptors (Lipinski definition) is 6. The average molecular weight is 419 g/mol. The van der Waals surface area contributed by atoms with Gasteiger partial charge in [-0.3, -0.25) is 9.36 Å². The van der Waals surface area contributed by atoms with Gasteiger partial charge in [-0.1, -0.05) is 29.8 Å². The van der Waals surface area contributed by atoms with Crippen molar-refractivity contribution in [3.05, 3.63) is 76.5 Å². The first-order chi connectivity index (χ1) is 14.7. The number of rotatable bonds is 3. The van der Waals surface area contributed by atoms with E-state index in [1.54, 1.807) is 27.7 Å². The van der Waals surface area contributed by atoms with Gasteiger partial charge in [-0.05, 0) is 24.6 Å². The summed E-state index contributed by atoms with van der Waals surface area (Å²) in [5.74, 6) is 1.37. The zero-order chi connectivity index (χ0) is 20.2. The number of fused-ring (bicyclic) bond motifs is 2. The second kappa shape index (κ2) is 6.39. The van der Waals surface area contributed by atoms with Crippen molar-refractivity contribution in [1.82, 2.24) is 34.1 Å². The fourth-order valence-electron chi connectivity index (χ4n) is 3.97. The zero-order valence-electron chi connectivity index (χ0n) is 15.6. The van der Waals surface area contributed by atoms with Gasteiger partial charge in [0.25, 0.3) is 5.56 Å². The van der Waals surface area contributed by atoms with Crippen LogP contribution in [0.2, 0.25) is 5.02 Å². The van der Waals surface area contributed by atoms with Gasteiger partial charge in [-0.2, -0.15) is 5.10 Å². The summed E-state index contributed by atoms with van der Waals surface area (Å²) >= 11 is 6.28. The summed E-state index contributed by atoms with van der Waals surface area (Å²) in [5.41, 5.74) is 2.26. The fourth-order valence-corrected chi connectivity index (χ4v) is 4.19. The lowest BCUT2D eigenvalue weighted by molar-refractivity contribution is 0.424. The molecule has 1 saturated heterocycles.